The van der Waals surface area contributed by atoms with Crippen molar-refractivity contribution in [3.8, 4) is 0 Å². The number of carbonyl (C=O) groups excluding carboxylic acids is 1. The van der Waals surface area contributed by atoms with Gasteiger partial charge in [0.25, 0.3) is 5.91 Å². The van der Waals surface area contributed by atoms with Crippen molar-refractivity contribution >= 4 is 5.91 Å². The van der Waals surface area contributed by atoms with E-state index in [4.69, 9.17) is 14.3 Å². The second-order valence-corrected chi connectivity index (χ2v) is 6.85. The van der Waals surface area contributed by atoms with Crippen molar-refractivity contribution in [3.63, 3.8) is 0 Å². The molecule has 0 aliphatic carbocycles. The standard InChI is InChI=1S/C17H30N2O5/c1-4-16(21,15(20)18(5-2)6-3)14-12-13-17(8-9-19(13)24-14)22-10-7-11-23-17/h13-14,21H,4-12H2,1-3H3/t13-,14-,16?/m0/s1. The fourth-order valence-electron chi connectivity index (χ4n) is 4.15. The first kappa shape index (κ1) is 18.1. The number of carbonyl (C=O) groups is 1. The van der Waals surface area contributed by atoms with Crippen molar-refractivity contribution in [2.45, 2.75) is 70.0 Å². The third-order valence-corrected chi connectivity index (χ3v) is 5.71. The van der Waals surface area contributed by atoms with Crippen LogP contribution in [0.1, 0.15) is 46.5 Å². The fraction of sp³-hybridized carbons (Fsp3) is 0.941. The summed E-state index contributed by atoms with van der Waals surface area (Å²) in [6, 6.07) is -0.0645. The maximum absolute atomic E-state index is 12.8. The second-order valence-electron chi connectivity index (χ2n) is 6.85. The molecule has 1 amide bonds. The molecule has 24 heavy (non-hydrogen) atoms. The summed E-state index contributed by atoms with van der Waals surface area (Å²) in [6.07, 6.45) is 1.96. The van der Waals surface area contributed by atoms with Gasteiger partial charge in [-0.05, 0) is 26.7 Å². The summed E-state index contributed by atoms with van der Waals surface area (Å²) in [7, 11) is 0. The Morgan fingerprint density at radius 2 is 1.96 bits per heavy atom. The zero-order valence-electron chi connectivity index (χ0n) is 15.0. The van der Waals surface area contributed by atoms with E-state index in [1.807, 2.05) is 25.8 Å². The maximum Gasteiger partial charge on any atom is 0.257 e. The summed E-state index contributed by atoms with van der Waals surface area (Å²) in [5.41, 5.74) is -1.51. The van der Waals surface area contributed by atoms with Crippen LogP contribution in [0.4, 0.5) is 0 Å². The molecule has 3 fully saturated rings. The van der Waals surface area contributed by atoms with E-state index in [2.05, 4.69) is 0 Å². The molecule has 0 radical (unpaired) electrons. The Morgan fingerprint density at radius 1 is 1.29 bits per heavy atom. The summed E-state index contributed by atoms with van der Waals surface area (Å²) in [5.74, 6) is -0.888. The van der Waals surface area contributed by atoms with Crippen LogP contribution in [0.5, 0.6) is 0 Å². The molecule has 3 atom stereocenters. The number of ether oxygens (including phenoxy) is 2. The highest BCUT2D eigenvalue weighted by atomic mass is 16.7. The second kappa shape index (κ2) is 6.88. The lowest BCUT2D eigenvalue weighted by atomic mass is 9.86. The summed E-state index contributed by atoms with van der Waals surface area (Å²) in [6.45, 7) is 8.89. The van der Waals surface area contributed by atoms with Gasteiger partial charge >= 0.3 is 0 Å². The number of amides is 1. The molecule has 1 spiro atoms. The van der Waals surface area contributed by atoms with E-state index in [0.29, 0.717) is 45.7 Å². The molecule has 3 heterocycles. The van der Waals surface area contributed by atoms with Crippen LogP contribution in [0.15, 0.2) is 0 Å². The molecular formula is C17H30N2O5. The average molecular weight is 342 g/mol. The number of hydrogen-bond acceptors (Lipinski definition) is 6. The first-order valence-electron chi connectivity index (χ1n) is 9.23. The lowest BCUT2D eigenvalue weighted by Gasteiger charge is -2.38. The van der Waals surface area contributed by atoms with E-state index >= 15 is 0 Å². The molecule has 0 aromatic carbocycles. The summed E-state index contributed by atoms with van der Waals surface area (Å²) in [4.78, 5) is 20.5. The Hall–Kier alpha value is -0.730. The zero-order valence-corrected chi connectivity index (χ0v) is 15.0. The van der Waals surface area contributed by atoms with Crippen LogP contribution in [-0.4, -0.2) is 77.4 Å². The molecule has 3 saturated heterocycles. The number of aliphatic hydroxyl groups is 1. The van der Waals surface area contributed by atoms with Gasteiger partial charge in [0.2, 0.25) is 0 Å². The highest BCUT2D eigenvalue weighted by Gasteiger charge is 2.60. The number of nitrogens with zero attached hydrogens (tertiary/aromatic N) is 2. The lowest BCUT2D eigenvalue weighted by Crippen LogP contribution is -2.56. The highest BCUT2D eigenvalue weighted by Crippen LogP contribution is 2.45. The van der Waals surface area contributed by atoms with Gasteiger partial charge in [-0.1, -0.05) is 6.92 Å². The van der Waals surface area contributed by atoms with Gasteiger partial charge in [0, 0.05) is 32.5 Å². The van der Waals surface area contributed by atoms with Gasteiger partial charge in [-0.2, -0.15) is 5.06 Å². The average Bonchev–Trinajstić information content (AvgIpc) is 3.18. The highest BCUT2D eigenvalue weighted by molar-refractivity contribution is 5.85. The van der Waals surface area contributed by atoms with Crippen molar-refractivity contribution in [2.75, 3.05) is 32.8 Å². The Kier molecular flexibility index (Phi) is 5.18. The number of hydrogen-bond donors (Lipinski definition) is 1. The van der Waals surface area contributed by atoms with E-state index in [-0.39, 0.29) is 11.9 Å². The molecule has 0 saturated carbocycles. The molecule has 3 aliphatic rings. The van der Waals surface area contributed by atoms with Gasteiger partial charge in [-0.25, -0.2) is 0 Å². The minimum atomic E-state index is -1.51. The van der Waals surface area contributed by atoms with Gasteiger partial charge in [0.1, 0.15) is 6.10 Å². The van der Waals surface area contributed by atoms with Crippen molar-refractivity contribution in [2.24, 2.45) is 0 Å². The van der Waals surface area contributed by atoms with Crippen LogP contribution >= 0.6 is 0 Å². The number of fused-ring (bicyclic) bond motifs is 2. The molecule has 138 valence electrons. The van der Waals surface area contributed by atoms with Crippen molar-refractivity contribution in [1.29, 1.82) is 0 Å². The Bertz CT molecular complexity index is 458. The monoisotopic (exact) mass is 342 g/mol. The predicted molar refractivity (Wildman–Crippen MR) is 87.0 cm³/mol. The third-order valence-electron chi connectivity index (χ3n) is 5.71. The van der Waals surface area contributed by atoms with Crippen LogP contribution in [0, 0.1) is 0 Å². The van der Waals surface area contributed by atoms with Crippen LogP contribution in [-0.2, 0) is 19.1 Å². The first-order valence-corrected chi connectivity index (χ1v) is 9.23. The molecular weight excluding hydrogens is 312 g/mol. The largest absolute Gasteiger partial charge is 0.377 e. The van der Waals surface area contributed by atoms with Crippen LogP contribution in [0.2, 0.25) is 0 Å². The molecule has 3 aliphatic heterocycles. The molecule has 0 bridgehead atoms. The maximum atomic E-state index is 12.8. The topological polar surface area (TPSA) is 71.5 Å². The van der Waals surface area contributed by atoms with E-state index < -0.39 is 17.5 Å². The van der Waals surface area contributed by atoms with Crippen molar-refractivity contribution < 1.29 is 24.2 Å². The van der Waals surface area contributed by atoms with Crippen LogP contribution in [0.25, 0.3) is 0 Å². The Balaban J connectivity index is 1.77. The van der Waals surface area contributed by atoms with E-state index in [1.54, 1.807) is 4.90 Å². The van der Waals surface area contributed by atoms with Crippen molar-refractivity contribution in [1.82, 2.24) is 9.96 Å². The summed E-state index contributed by atoms with van der Waals surface area (Å²) in [5, 5.41) is 13.0. The fourth-order valence-corrected chi connectivity index (χ4v) is 4.15. The molecule has 3 rings (SSSR count). The smallest absolute Gasteiger partial charge is 0.257 e. The van der Waals surface area contributed by atoms with Gasteiger partial charge in [0.15, 0.2) is 11.4 Å². The molecule has 0 aromatic heterocycles. The Labute approximate surface area is 143 Å². The molecule has 7 nitrogen and oxygen atoms in total. The molecule has 1 N–H and O–H groups in total. The minimum absolute atomic E-state index is 0.0645. The van der Waals surface area contributed by atoms with Crippen LogP contribution in [0.3, 0.4) is 0 Å². The Morgan fingerprint density at radius 3 is 2.54 bits per heavy atom. The van der Waals surface area contributed by atoms with Gasteiger partial charge in [-0.15, -0.1) is 0 Å². The van der Waals surface area contributed by atoms with Gasteiger partial charge < -0.3 is 19.5 Å². The van der Waals surface area contributed by atoms with E-state index in [0.717, 1.165) is 12.8 Å². The summed E-state index contributed by atoms with van der Waals surface area (Å²) >= 11 is 0. The van der Waals surface area contributed by atoms with Crippen LogP contribution < -0.4 is 0 Å². The summed E-state index contributed by atoms with van der Waals surface area (Å²) < 4.78 is 11.9. The minimum Gasteiger partial charge on any atom is -0.377 e. The number of hydroxylamine groups is 2. The number of rotatable bonds is 5. The van der Waals surface area contributed by atoms with Crippen molar-refractivity contribution in [3.05, 3.63) is 0 Å². The lowest BCUT2D eigenvalue weighted by molar-refractivity contribution is -0.284. The van der Waals surface area contributed by atoms with E-state index in [9.17, 15) is 9.90 Å². The third kappa shape index (κ3) is 2.76. The molecule has 1 unspecified atom stereocenters. The van der Waals surface area contributed by atoms with E-state index in [1.165, 1.54) is 0 Å². The molecule has 7 heteroatoms. The number of likely N-dealkylation sites (N-methyl/N-ethyl adjacent to an activating group) is 1. The van der Waals surface area contributed by atoms with Gasteiger partial charge in [0.05, 0.1) is 19.3 Å². The quantitative estimate of drug-likeness (QED) is 0.801. The van der Waals surface area contributed by atoms with Gasteiger partial charge in [-0.3, -0.25) is 9.63 Å². The normalized spacial score (nSPS) is 31.8. The molecule has 0 aromatic rings. The first-order chi connectivity index (χ1) is 11.5. The zero-order chi connectivity index (χ0) is 17.4. The predicted octanol–water partition coefficient (Wildman–Crippen LogP) is 0.907. The SMILES string of the molecule is CCN(CC)C(=O)C(O)(CC)[C@@H]1C[C@@H]2N(CCC23OCCCO3)O1.